The van der Waals surface area contributed by atoms with Crippen molar-refractivity contribution in [3.05, 3.63) is 0 Å². The summed E-state index contributed by atoms with van der Waals surface area (Å²) in [5.74, 6) is 0.982. The predicted octanol–water partition coefficient (Wildman–Crippen LogP) is 1.13. The minimum Gasteiger partial charge on any atom is -0.369 e. The highest BCUT2D eigenvalue weighted by Crippen LogP contribution is 2.26. The Kier molecular flexibility index (Phi) is 3.93. The molecule has 82 valence electrons. The van der Waals surface area contributed by atoms with Crippen molar-refractivity contribution in [3.8, 4) is 0 Å². The van der Waals surface area contributed by atoms with Crippen LogP contribution in [0.15, 0.2) is 0 Å². The summed E-state index contributed by atoms with van der Waals surface area (Å²) >= 11 is 0. The van der Waals surface area contributed by atoms with Gasteiger partial charge in [-0.25, -0.2) is 0 Å². The van der Waals surface area contributed by atoms with E-state index in [2.05, 4.69) is 26.1 Å². The molecule has 0 saturated carbocycles. The fraction of sp³-hybridized carbons (Fsp3) is 0.909. The quantitative estimate of drug-likeness (QED) is 0.714. The minimum absolute atomic E-state index is 0.0288. The lowest BCUT2D eigenvalue weighted by atomic mass is 9.78. The minimum atomic E-state index is -0.144. The third-order valence-corrected chi connectivity index (χ3v) is 3.49. The summed E-state index contributed by atoms with van der Waals surface area (Å²) in [6.07, 6.45) is 2.01. The third kappa shape index (κ3) is 2.47. The second kappa shape index (κ2) is 4.78. The summed E-state index contributed by atoms with van der Waals surface area (Å²) in [7, 11) is 0. The van der Waals surface area contributed by atoms with E-state index in [1.165, 1.54) is 0 Å². The Morgan fingerprint density at radius 2 is 2.07 bits per heavy atom. The molecular formula is C11H22N2O. The van der Waals surface area contributed by atoms with Gasteiger partial charge in [0.1, 0.15) is 0 Å². The normalized spacial score (nSPS) is 30.3. The molecule has 0 aromatic rings. The van der Waals surface area contributed by atoms with E-state index in [9.17, 15) is 4.79 Å². The summed E-state index contributed by atoms with van der Waals surface area (Å²) in [5.41, 5.74) is 5.42. The van der Waals surface area contributed by atoms with Crippen LogP contribution in [0, 0.1) is 17.8 Å². The lowest BCUT2D eigenvalue weighted by Crippen LogP contribution is -2.51. The van der Waals surface area contributed by atoms with Crippen molar-refractivity contribution in [1.29, 1.82) is 0 Å². The molecule has 0 aliphatic carbocycles. The Morgan fingerprint density at radius 3 is 2.57 bits per heavy atom. The molecule has 0 aromatic carbocycles. The molecule has 1 saturated heterocycles. The molecule has 1 fully saturated rings. The number of carbonyl (C=O) groups is 1. The Balaban J connectivity index is 2.67. The molecule has 0 aromatic heterocycles. The van der Waals surface area contributed by atoms with Crippen molar-refractivity contribution < 1.29 is 4.79 Å². The van der Waals surface area contributed by atoms with Gasteiger partial charge in [-0.2, -0.15) is 0 Å². The summed E-state index contributed by atoms with van der Waals surface area (Å²) in [6.45, 7) is 7.60. The van der Waals surface area contributed by atoms with Crippen LogP contribution in [0.4, 0.5) is 0 Å². The SMILES string of the molecule is CC(C)C(C)C1NCCCC1C(N)=O. The maximum atomic E-state index is 11.3. The first-order valence-corrected chi connectivity index (χ1v) is 5.56. The average Bonchev–Trinajstić information content (AvgIpc) is 2.16. The second-order valence-corrected chi connectivity index (χ2v) is 4.73. The number of nitrogens with one attached hydrogen (secondary N) is 1. The van der Waals surface area contributed by atoms with Gasteiger partial charge in [-0.15, -0.1) is 0 Å². The first kappa shape index (κ1) is 11.5. The molecule has 1 aliphatic heterocycles. The molecule has 0 radical (unpaired) electrons. The van der Waals surface area contributed by atoms with Gasteiger partial charge in [0, 0.05) is 6.04 Å². The van der Waals surface area contributed by atoms with Gasteiger partial charge < -0.3 is 11.1 Å². The number of hydrogen-bond acceptors (Lipinski definition) is 2. The molecule has 0 spiro atoms. The first-order valence-electron chi connectivity index (χ1n) is 5.56. The molecule has 3 atom stereocenters. The number of primary amides is 1. The molecule has 3 heteroatoms. The van der Waals surface area contributed by atoms with Crippen LogP contribution in [0.2, 0.25) is 0 Å². The molecule has 1 aliphatic rings. The van der Waals surface area contributed by atoms with E-state index in [4.69, 9.17) is 5.73 Å². The van der Waals surface area contributed by atoms with Crippen LogP contribution in [-0.4, -0.2) is 18.5 Å². The van der Waals surface area contributed by atoms with E-state index < -0.39 is 0 Å². The summed E-state index contributed by atoms with van der Waals surface area (Å²) in [4.78, 5) is 11.3. The van der Waals surface area contributed by atoms with Gasteiger partial charge in [-0.3, -0.25) is 4.79 Å². The highest BCUT2D eigenvalue weighted by atomic mass is 16.1. The number of rotatable bonds is 3. The van der Waals surface area contributed by atoms with Gasteiger partial charge in [0.15, 0.2) is 0 Å². The monoisotopic (exact) mass is 198 g/mol. The van der Waals surface area contributed by atoms with E-state index in [0.717, 1.165) is 19.4 Å². The Labute approximate surface area is 86.4 Å². The molecule has 3 unspecified atom stereocenters. The zero-order chi connectivity index (χ0) is 10.7. The maximum absolute atomic E-state index is 11.3. The van der Waals surface area contributed by atoms with Crippen molar-refractivity contribution in [1.82, 2.24) is 5.32 Å². The molecule has 3 N–H and O–H groups in total. The van der Waals surface area contributed by atoms with Gasteiger partial charge >= 0.3 is 0 Å². The topological polar surface area (TPSA) is 55.1 Å². The van der Waals surface area contributed by atoms with Crippen molar-refractivity contribution in [2.75, 3.05) is 6.54 Å². The predicted molar refractivity (Wildman–Crippen MR) is 57.7 cm³/mol. The zero-order valence-corrected chi connectivity index (χ0v) is 9.42. The molecule has 1 heterocycles. The van der Waals surface area contributed by atoms with E-state index in [1.807, 2.05) is 0 Å². The van der Waals surface area contributed by atoms with E-state index in [1.54, 1.807) is 0 Å². The van der Waals surface area contributed by atoms with Crippen LogP contribution in [0.3, 0.4) is 0 Å². The number of amides is 1. The van der Waals surface area contributed by atoms with Gasteiger partial charge in [-0.1, -0.05) is 20.8 Å². The summed E-state index contributed by atoms with van der Waals surface area (Å²) < 4.78 is 0. The molecule has 0 bridgehead atoms. The molecule has 1 amide bonds. The average molecular weight is 198 g/mol. The van der Waals surface area contributed by atoms with Crippen LogP contribution < -0.4 is 11.1 Å². The van der Waals surface area contributed by atoms with Crippen LogP contribution >= 0.6 is 0 Å². The standard InChI is InChI=1S/C11H22N2O/c1-7(2)8(3)10-9(11(12)14)5-4-6-13-10/h7-10,13H,4-6H2,1-3H3,(H2,12,14). The van der Waals surface area contributed by atoms with Crippen molar-refractivity contribution in [2.45, 2.75) is 39.7 Å². The lowest BCUT2D eigenvalue weighted by molar-refractivity contribution is -0.124. The summed E-state index contributed by atoms with van der Waals surface area (Å²) in [6, 6.07) is 0.279. The van der Waals surface area contributed by atoms with Crippen LogP contribution in [-0.2, 0) is 4.79 Å². The van der Waals surface area contributed by atoms with E-state index >= 15 is 0 Å². The van der Waals surface area contributed by atoms with Crippen LogP contribution in [0.1, 0.15) is 33.6 Å². The van der Waals surface area contributed by atoms with Crippen molar-refractivity contribution in [2.24, 2.45) is 23.5 Å². The fourth-order valence-electron chi connectivity index (χ4n) is 2.20. The Hall–Kier alpha value is -0.570. The van der Waals surface area contributed by atoms with Crippen LogP contribution in [0.25, 0.3) is 0 Å². The van der Waals surface area contributed by atoms with Gasteiger partial charge in [0.25, 0.3) is 0 Å². The van der Waals surface area contributed by atoms with Crippen molar-refractivity contribution in [3.63, 3.8) is 0 Å². The lowest BCUT2D eigenvalue weighted by Gasteiger charge is -2.36. The third-order valence-electron chi connectivity index (χ3n) is 3.49. The number of piperidine rings is 1. The van der Waals surface area contributed by atoms with Crippen LogP contribution in [0.5, 0.6) is 0 Å². The molecule has 1 rings (SSSR count). The fourth-order valence-corrected chi connectivity index (χ4v) is 2.20. The van der Waals surface area contributed by atoms with E-state index in [-0.39, 0.29) is 17.9 Å². The molecule has 14 heavy (non-hydrogen) atoms. The Bertz CT molecular complexity index is 203. The van der Waals surface area contributed by atoms with Gasteiger partial charge in [0.2, 0.25) is 5.91 Å². The largest absolute Gasteiger partial charge is 0.369 e. The van der Waals surface area contributed by atoms with Crippen molar-refractivity contribution >= 4 is 5.91 Å². The number of nitrogens with two attached hydrogens (primary N) is 1. The first-order chi connectivity index (χ1) is 6.54. The second-order valence-electron chi connectivity index (χ2n) is 4.73. The highest BCUT2D eigenvalue weighted by Gasteiger charge is 2.33. The highest BCUT2D eigenvalue weighted by molar-refractivity contribution is 5.77. The Morgan fingerprint density at radius 1 is 1.43 bits per heavy atom. The molecular weight excluding hydrogens is 176 g/mol. The molecule has 3 nitrogen and oxygen atoms in total. The van der Waals surface area contributed by atoms with Gasteiger partial charge in [-0.05, 0) is 31.2 Å². The number of hydrogen-bond donors (Lipinski definition) is 2. The smallest absolute Gasteiger partial charge is 0.222 e. The summed E-state index contributed by atoms with van der Waals surface area (Å²) in [5, 5.41) is 3.43. The van der Waals surface area contributed by atoms with E-state index in [0.29, 0.717) is 11.8 Å². The number of carbonyl (C=O) groups excluding carboxylic acids is 1. The maximum Gasteiger partial charge on any atom is 0.222 e. The zero-order valence-electron chi connectivity index (χ0n) is 9.42. The van der Waals surface area contributed by atoms with Gasteiger partial charge in [0.05, 0.1) is 5.92 Å².